The molecule has 1 N–H and O–H groups in total. The molecule has 194 valence electrons. The predicted molar refractivity (Wildman–Crippen MR) is 150 cm³/mol. The lowest BCUT2D eigenvalue weighted by molar-refractivity contribution is 0.0751. The van der Waals surface area contributed by atoms with Crippen LogP contribution in [0.15, 0.2) is 79.3 Å². The second-order valence-electron chi connectivity index (χ2n) is 8.50. The number of aromatic amines is 1. The highest BCUT2D eigenvalue weighted by Crippen LogP contribution is 2.33. The van der Waals surface area contributed by atoms with E-state index in [2.05, 4.69) is 45.2 Å². The average molecular weight is 541 g/mol. The summed E-state index contributed by atoms with van der Waals surface area (Å²) >= 11 is 0. The molecule has 0 spiro atoms. The molecule has 0 aliphatic carbocycles. The number of methoxy groups -OCH3 is 2. The van der Waals surface area contributed by atoms with Crippen molar-refractivity contribution in [1.29, 1.82) is 0 Å². The van der Waals surface area contributed by atoms with E-state index in [0.29, 0.717) is 43.2 Å². The van der Waals surface area contributed by atoms with Crippen LogP contribution in [-0.4, -0.2) is 48.1 Å². The van der Waals surface area contributed by atoms with E-state index in [1.54, 1.807) is 38.7 Å². The van der Waals surface area contributed by atoms with Crippen molar-refractivity contribution in [2.45, 2.75) is 13.1 Å². The molecule has 4 aromatic rings. The molecule has 0 fully saturated rings. The van der Waals surface area contributed by atoms with Gasteiger partial charge in [0.05, 0.1) is 32.8 Å². The van der Waals surface area contributed by atoms with E-state index in [1.165, 1.54) is 0 Å². The lowest BCUT2D eigenvalue weighted by Crippen LogP contribution is -2.35. The first-order chi connectivity index (χ1) is 17.2. The third-order valence-corrected chi connectivity index (χ3v) is 6.36. The summed E-state index contributed by atoms with van der Waals surface area (Å²) in [4.78, 5) is 25.2. The molecular formula is C28H30Cl2N4O3. The minimum absolute atomic E-state index is 0. The van der Waals surface area contributed by atoms with Crippen LogP contribution in [-0.2, 0) is 13.1 Å². The van der Waals surface area contributed by atoms with Crippen LogP contribution in [0, 0.1) is 0 Å². The largest absolute Gasteiger partial charge is 0.493 e. The third kappa shape index (κ3) is 6.01. The van der Waals surface area contributed by atoms with Crippen LogP contribution >= 0.6 is 24.8 Å². The summed E-state index contributed by atoms with van der Waals surface area (Å²) in [6, 6.07) is 22.1. The molecule has 1 amide bonds. The molecule has 3 aromatic carbocycles. The SMILES string of the molecule is COc1ccc(C(=O)N2CCN(Cc3cnc[nH]3)c3ccc(-c4ccccc4)cc3C2)cc1OC.Cl.Cl. The molecule has 5 rings (SSSR count). The number of benzene rings is 3. The van der Waals surface area contributed by atoms with Crippen LogP contribution in [0.1, 0.15) is 21.6 Å². The van der Waals surface area contributed by atoms with E-state index in [9.17, 15) is 4.79 Å². The van der Waals surface area contributed by atoms with Crippen LogP contribution in [0.2, 0.25) is 0 Å². The highest BCUT2D eigenvalue weighted by Gasteiger charge is 2.25. The van der Waals surface area contributed by atoms with Crippen molar-refractivity contribution in [3.63, 3.8) is 0 Å². The first-order valence-electron chi connectivity index (χ1n) is 11.6. The van der Waals surface area contributed by atoms with Gasteiger partial charge in [-0.2, -0.15) is 0 Å². The van der Waals surface area contributed by atoms with Gasteiger partial charge in [0.2, 0.25) is 0 Å². The molecule has 1 aliphatic rings. The number of imidazole rings is 1. The maximum Gasteiger partial charge on any atom is 0.254 e. The van der Waals surface area contributed by atoms with Gasteiger partial charge in [-0.25, -0.2) is 4.98 Å². The molecule has 37 heavy (non-hydrogen) atoms. The number of carbonyl (C=O) groups excluding carboxylic acids is 1. The number of fused-ring (bicyclic) bond motifs is 1. The number of rotatable bonds is 6. The lowest BCUT2D eigenvalue weighted by Gasteiger charge is -2.24. The summed E-state index contributed by atoms with van der Waals surface area (Å²) in [6.07, 6.45) is 3.54. The van der Waals surface area contributed by atoms with E-state index in [4.69, 9.17) is 9.47 Å². The molecule has 0 bridgehead atoms. The Balaban J connectivity index is 0.00000190. The molecule has 0 atom stereocenters. The van der Waals surface area contributed by atoms with E-state index < -0.39 is 0 Å². The van der Waals surface area contributed by atoms with Crippen molar-refractivity contribution >= 4 is 36.4 Å². The number of halogens is 2. The minimum atomic E-state index is -0.0367. The van der Waals surface area contributed by atoms with Crippen molar-refractivity contribution in [2.24, 2.45) is 0 Å². The Morgan fingerprint density at radius 1 is 0.919 bits per heavy atom. The smallest absolute Gasteiger partial charge is 0.254 e. The zero-order chi connectivity index (χ0) is 24.2. The average Bonchev–Trinajstić information content (AvgIpc) is 3.36. The number of hydrogen-bond acceptors (Lipinski definition) is 5. The molecule has 1 aliphatic heterocycles. The summed E-state index contributed by atoms with van der Waals surface area (Å²) in [7, 11) is 3.16. The second kappa shape index (κ2) is 12.5. The molecule has 7 nitrogen and oxygen atoms in total. The number of hydrogen-bond donors (Lipinski definition) is 1. The summed E-state index contributed by atoms with van der Waals surface area (Å²) in [5.41, 5.74) is 6.12. The van der Waals surface area contributed by atoms with Crippen LogP contribution < -0.4 is 14.4 Å². The van der Waals surface area contributed by atoms with Gasteiger partial charge in [0.15, 0.2) is 11.5 Å². The van der Waals surface area contributed by atoms with Crippen LogP contribution in [0.5, 0.6) is 11.5 Å². The van der Waals surface area contributed by atoms with Crippen molar-refractivity contribution in [3.8, 4) is 22.6 Å². The number of H-pyrrole nitrogens is 1. The molecule has 0 radical (unpaired) electrons. The quantitative estimate of drug-likeness (QED) is 0.344. The molecular weight excluding hydrogens is 511 g/mol. The standard InChI is InChI=1S/C28H28N4O3.2ClH/c1-34-26-11-9-22(15-27(26)35-2)28(33)32-13-12-31(18-24-16-29-19-30-24)25-10-8-21(14-23(25)17-32)20-6-4-3-5-7-20;;/h3-11,14-16,19H,12-13,17-18H2,1-2H3,(H,29,30);2*1H. The number of aromatic nitrogens is 2. The van der Waals surface area contributed by atoms with Gasteiger partial charge in [0.25, 0.3) is 5.91 Å². The minimum Gasteiger partial charge on any atom is -0.493 e. The summed E-state index contributed by atoms with van der Waals surface area (Å²) in [5, 5.41) is 0. The molecule has 1 aromatic heterocycles. The fraction of sp³-hybridized carbons (Fsp3) is 0.214. The zero-order valence-electron chi connectivity index (χ0n) is 20.7. The van der Waals surface area contributed by atoms with E-state index in [-0.39, 0.29) is 30.7 Å². The van der Waals surface area contributed by atoms with Crippen molar-refractivity contribution in [3.05, 3.63) is 96.1 Å². The topological polar surface area (TPSA) is 70.7 Å². The van der Waals surface area contributed by atoms with Gasteiger partial charge in [-0.15, -0.1) is 24.8 Å². The summed E-state index contributed by atoms with van der Waals surface area (Å²) in [5.74, 6) is 1.11. The number of carbonyl (C=O) groups is 1. The first kappa shape index (κ1) is 27.9. The van der Waals surface area contributed by atoms with E-state index >= 15 is 0 Å². The van der Waals surface area contributed by atoms with Gasteiger partial charge in [-0.05, 0) is 47.0 Å². The maximum absolute atomic E-state index is 13.6. The van der Waals surface area contributed by atoms with Crippen LogP contribution in [0.4, 0.5) is 5.69 Å². The Bertz CT molecular complexity index is 1320. The van der Waals surface area contributed by atoms with Gasteiger partial charge in [0, 0.05) is 37.1 Å². The van der Waals surface area contributed by atoms with E-state index in [0.717, 1.165) is 28.1 Å². The molecule has 9 heteroatoms. The number of anilines is 1. The van der Waals surface area contributed by atoms with Crippen LogP contribution in [0.25, 0.3) is 11.1 Å². The number of amides is 1. The highest BCUT2D eigenvalue weighted by molar-refractivity contribution is 5.95. The molecule has 2 heterocycles. The Labute approximate surface area is 229 Å². The maximum atomic E-state index is 13.6. The highest BCUT2D eigenvalue weighted by atomic mass is 35.5. The zero-order valence-corrected chi connectivity index (χ0v) is 22.3. The van der Waals surface area contributed by atoms with Crippen molar-refractivity contribution < 1.29 is 14.3 Å². The summed E-state index contributed by atoms with van der Waals surface area (Å²) in [6.45, 7) is 2.51. The number of nitrogens with one attached hydrogen (secondary N) is 1. The monoisotopic (exact) mass is 540 g/mol. The second-order valence-corrected chi connectivity index (χ2v) is 8.50. The van der Waals surface area contributed by atoms with Gasteiger partial charge >= 0.3 is 0 Å². The molecule has 0 unspecified atom stereocenters. The number of ether oxygens (including phenoxy) is 2. The Morgan fingerprint density at radius 3 is 2.41 bits per heavy atom. The van der Waals surface area contributed by atoms with Gasteiger partial charge in [0.1, 0.15) is 0 Å². The fourth-order valence-corrected chi connectivity index (χ4v) is 4.54. The van der Waals surface area contributed by atoms with Crippen LogP contribution in [0.3, 0.4) is 0 Å². The fourth-order valence-electron chi connectivity index (χ4n) is 4.54. The third-order valence-electron chi connectivity index (χ3n) is 6.36. The van der Waals surface area contributed by atoms with Crippen molar-refractivity contribution in [1.82, 2.24) is 14.9 Å². The van der Waals surface area contributed by atoms with Crippen molar-refractivity contribution in [2.75, 3.05) is 32.2 Å². The molecule has 0 saturated carbocycles. The molecule has 0 saturated heterocycles. The number of nitrogens with zero attached hydrogens (tertiary/aromatic N) is 3. The Kier molecular flexibility index (Phi) is 9.44. The van der Waals surface area contributed by atoms with Gasteiger partial charge < -0.3 is 24.3 Å². The Morgan fingerprint density at radius 2 is 1.70 bits per heavy atom. The Hall–Kier alpha value is -3.68. The first-order valence-corrected chi connectivity index (χ1v) is 11.6. The van der Waals surface area contributed by atoms with E-state index in [1.807, 2.05) is 29.3 Å². The predicted octanol–water partition coefficient (Wildman–Crippen LogP) is 5.60. The summed E-state index contributed by atoms with van der Waals surface area (Å²) < 4.78 is 10.8. The lowest BCUT2D eigenvalue weighted by atomic mass is 10.0. The van der Waals surface area contributed by atoms with Gasteiger partial charge in [-0.1, -0.05) is 36.4 Å². The normalized spacial score (nSPS) is 12.5. The van der Waals surface area contributed by atoms with Gasteiger partial charge in [-0.3, -0.25) is 4.79 Å².